The Hall–Kier alpha value is -2.40. The minimum Gasteiger partial charge on any atom is -0.368 e. The van der Waals surface area contributed by atoms with E-state index in [4.69, 9.17) is 17.3 Å². The van der Waals surface area contributed by atoms with Gasteiger partial charge in [-0.3, -0.25) is 4.98 Å². The van der Waals surface area contributed by atoms with Crippen molar-refractivity contribution in [2.24, 2.45) is 5.10 Å². The molecule has 0 saturated carbocycles. The lowest BCUT2D eigenvalue weighted by atomic mass is 10.1. The first kappa shape index (κ1) is 12.6. The molecule has 20 heavy (non-hydrogen) atoms. The van der Waals surface area contributed by atoms with Crippen LogP contribution in [0.1, 0.15) is 11.3 Å². The minimum atomic E-state index is 0.345. The Kier molecular flexibility index (Phi) is 3.12. The SMILES string of the molecule is Cc1cn(N=Cc2cc(Cl)cc3cccnc23)c(N)n1. The summed E-state index contributed by atoms with van der Waals surface area (Å²) in [5, 5.41) is 5.90. The third-order valence-corrected chi connectivity index (χ3v) is 3.07. The number of benzene rings is 1. The van der Waals surface area contributed by atoms with Gasteiger partial charge in [0.2, 0.25) is 5.95 Å². The third-order valence-electron chi connectivity index (χ3n) is 2.86. The molecule has 0 bridgehead atoms. The van der Waals surface area contributed by atoms with E-state index in [2.05, 4.69) is 15.1 Å². The van der Waals surface area contributed by atoms with Gasteiger partial charge in [0.1, 0.15) is 0 Å². The molecule has 5 nitrogen and oxygen atoms in total. The van der Waals surface area contributed by atoms with Gasteiger partial charge in [0.05, 0.1) is 23.6 Å². The molecule has 2 N–H and O–H groups in total. The first-order valence-corrected chi connectivity index (χ1v) is 6.41. The van der Waals surface area contributed by atoms with E-state index in [0.29, 0.717) is 11.0 Å². The van der Waals surface area contributed by atoms with Crippen molar-refractivity contribution in [2.45, 2.75) is 6.92 Å². The van der Waals surface area contributed by atoms with E-state index in [1.165, 1.54) is 4.68 Å². The Labute approximate surface area is 120 Å². The smallest absolute Gasteiger partial charge is 0.221 e. The number of hydrogen-bond acceptors (Lipinski definition) is 4. The van der Waals surface area contributed by atoms with E-state index in [1.54, 1.807) is 18.6 Å². The average Bonchev–Trinajstić information content (AvgIpc) is 2.74. The average molecular weight is 286 g/mol. The van der Waals surface area contributed by atoms with E-state index < -0.39 is 0 Å². The molecule has 0 aliphatic heterocycles. The molecule has 100 valence electrons. The maximum atomic E-state index is 6.11. The lowest BCUT2D eigenvalue weighted by Crippen LogP contribution is -1.97. The topological polar surface area (TPSA) is 69.1 Å². The molecular weight excluding hydrogens is 274 g/mol. The molecule has 0 atom stereocenters. The molecular formula is C14H12ClN5. The maximum Gasteiger partial charge on any atom is 0.221 e. The van der Waals surface area contributed by atoms with Crippen LogP contribution in [-0.4, -0.2) is 20.9 Å². The highest BCUT2D eigenvalue weighted by atomic mass is 35.5. The van der Waals surface area contributed by atoms with Gasteiger partial charge < -0.3 is 5.73 Å². The van der Waals surface area contributed by atoms with Crippen LogP contribution < -0.4 is 5.73 Å². The van der Waals surface area contributed by atoms with Crippen LogP contribution in [0.4, 0.5) is 5.95 Å². The summed E-state index contributed by atoms with van der Waals surface area (Å²) in [5.41, 5.74) is 8.23. The van der Waals surface area contributed by atoms with Crippen molar-refractivity contribution < 1.29 is 0 Å². The van der Waals surface area contributed by atoms with Crippen LogP contribution in [0.25, 0.3) is 10.9 Å². The molecule has 0 amide bonds. The van der Waals surface area contributed by atoms with Gasteiger partial charge in [-0.1, -0.05) is 17.7 Å². The second-order valence-electron chi connectivity index (χ2n) is 4.40. The molecule has 3 rings (SSSR count). The monoisotopic (exact) mass is 285 g/mol. The molecule has 0 spiro atoms. The van der Waals surface area contributed by atoms with Gasteiger partial charge in [-0.05, 0) is 25.1 Å². The van der Waals surface area contributed by atoms with Crippen LogP contribution in [0, 0.1) is 6.92 Å². The highest BCUT2D eigenvalue weighted by Gasteiger charge is 2.03. The Morgan fingerprint density at radius 2 is 2.25 bits per heavy atom. The van der Waals surface area contributed by atoms with Crippen LogP contribution in [0.2, 0.25) is 5.02 Å². The molecule has 2 heterocycles. The Balaban J connectivity index is 2.08. The fourth-order valence-corrected chi connectivity index (χ4v) is 2.24. The lowest BCUT2D eigenvalue weighted by Gasteiger charge is -2.02. The number of imidazole rings is 1. The quantitative estimate of drug-likeness (QED) is 0.736. The Bertz CT molecular complexity index is 806. The molecule has 0 fully saturated rings. The van der Waals surface area contributed by atoms with E-state index in [9.17, 15) is 0 Å². The summed E-state index contributed by atoms with van der Waals surface area (Å²) < 4.78 is 1.52. The number of nitrogens with zero attached hydrogens (tertiary/aromatic N) is 4. The number of aryl methyl sites for hydroxylation is 1. The first-order valence-electron chi connectivity index (χ1n) is 6.03. The number of nitrogens with two attached hydrogens (primary N) is 1. The van der Waals surface area contributed by atoms with Crippen molar-refractivity contribution in [2.75, 3.05) is 5.73 Å². The summed E-state index contributed by atoms with van der Waals surface area (Å²) in [6.45, 7) is 1.86. The summed E-state index contributed by atoms with van der Waals surface area (Å²) in [6, 6.07) is 7.52. The molecule has 0 aliphatic carbocycles. The molecule has 6 heteroatoms. The zero-order valence-electron chi connectivity index (χ0n) is 10.8. The summed E-state index contributed by atoms with van der Waals surface area (Å²) in [7, 11) is 0. The van der Waals surface area contributed by atoms with Crippen molar-refractivity contribution in [3.63, 3.8) is 0 Å². The Morgan fingerprint density at radius 3 is 3.00 bits per heavy atom. The number of nitrogen functional groups attached to an aromatic ring is 1. The predicted octanol–water partition coefficient (Wildman–Crippen LogP) is 2.86. The molecule has 1 aromatic carbocycles. The summed E-state index contributed by atoms with van der Waals surface area (Å²) >= 11 is 6.11. The van der Waals surface area contributed by atoms with E-state index in [-0.39, 0.29) is 0 Å². The first-order chi connectivity index (χ1) is 9.63. The Morgan fingerprint density at radius 1 is 1.40 bits per heavy atom. The summed E-state index contributed by atoms with van der Waals surface area (Å²) in [5.74, 6) is 0.345. The van der Waals surface area contributed by atoms with Gasteiger partial charge in [-0.2, -0.15) is 5.10 Å². The molecule has 0 aliphatic rings. The second kappa shape index (κ2) is 4.94. The van der Waals surface area contributed by atoms with Gasteiger partial charge >= 0.3 is 0 Å². The van der Waals surface area contributed by atoms with Crippen molar-refractivity contribution in [1.29, 1.82) is 0 Å². The summed E-state index contributed by atoms with van der Waals surface area (Å²) in [6.07, 6.45) is 5.17. The van der Waals surface area contributed by atoms with Crippen molar-refractivity contribution in [3.05, 3.63) is 52.9 Å². The van der Waals surface area contributed by atoms with Gasteiger partial charge in [-0.15, -0.1) is 0 Å². The van der Waals surface area contributed by atoms with Crippen molar-refractivity contribution >= 4 is 34.7 Å². The number of aromatic nitrogens is 3. The lowest BCUT2D eigenvalue weighted by molar-refractivity contribution is 0.897. The molecule has 2 aromatic heterocycles. The van der Waals surface area contributed by atoms with Crippen molar-refractivity contribution in [1.82, 2.24) is 14.6 Å². The van der Waals surface area contributed by atoms with Crippen molar-refractivity contribution in [3.8, 4) is 0 Å². The minimum absolute atomic E-state index is 0.345. The predicted molar refractivity (Wildman–Crippen MR) is 81.1 cm³/mol. The zero-order chi connectivity index (χ0) is 14.1. The number of rotatable bonds is 2. The van der Waals surface area contributed by atoms with Crippen LogP contribution in [0.3, 0.4) is 0 Å². The fourth-order valence-electron chi connectivity index (χ4n) is 2.00. The molecule has 0 radical (unpaired) electrons. The van der Waals surface area contributed by atoms with E-state index >= 15 is 0 Å². The summed E-state index contributed by atoms with van der Waals surface area (Å²) in [4.78, 5) is 8.44. The zero-order valence-corrected chi connectivity index (χ0v) is 11.5. The molecule has 3 aromatic rings. The van der Waals surface area contributed by atoms with E-state index in [0.717, 1.165) is 22.2 Å². The van der Waals surface area contributed by atoms with Crippen LogP contribution in [-0.2, 0) is 0 Å². The standard InChI is InChI=1S/C14H12ClN5/c1-9-8-20(14(16)19-9)18-7-11-6-12(15)5-10-3-2-4-17-13(10)11/h2-8H,1H3,(H2,16,19). The number of anilines is 1. The molecule has 0 unspecified atom stereocenters. The van der Waals surface area contributed by atoms with Gasteiger partial charge in [-0.25, -0.2) is 9.66 Å². The van der Waals surface area contributed by atoms with Crippen LogP contribution >= 0.6 is 11.6 Å². The normalized spacial score (nSPS) is 11.5. The van der Waals surface area contributed by atoms with Gasteiger partial charge in [0.25, 0.3) is 0 Å². The highest BCUT2D eigenvalue weighted by Crippen LogP contribution is 2.21. The second-order valence-corrected chi connectivity index (χ2v) is 4.84. The van der Waals surface area contributed by atoms with E-state index in [1.807, 2.05) is 31.2 Å². The van der Waals surface area contributed by atoms with Crippen LogP contribution in [0.5, 0.6) is 0 Å². The number of halogens is 1. The van der Waals surface area contributed by atoms with Crippen LogP contribution in [0.15, 0.2) is 41.8 Å². The third kappa shape index (κ3) is 2.35. The van der Waals surface area contributed by atoms with Gasteiger partial charge in [0, 0.05) is 22.2 Å². The number of hydrogen-bond donors (Lipinski definition) is 1. The highest BCUT2D eigenvalue weighted by molar-refractivity contribution is 6.31. The molecule has 0 saturated heterocycles. The maximum absolute atomic E-state index is 6.11. The van der Waals surface area contributed by atoms with Gasteiger partial charge in [0.15, 0.2) is 0 Å². The fraction of sp³-hybridized carbons (Fsp3) is 0.0714. The largest absolute Gasteiger partial charge is 0.368 e. The number of fused-ring (bicyclic) bond motifs is 1. The number of pyridine rings is 1.